The van der Waals surface area contributed by atoms with Crippen LogP contribution in [-0.4, -0.2) is 4.98 Å². The van der Waals surface area contributed by atoms with Gasteiger partial charge in [0.15, 0.2) is 0 Å². The van der Waals surface area contributed by atoms with Crippen LogP contribution in [0, 0.1) is 29.6 Å². The third-order valence-electron chi connectivity index (χ3n) is 7.30. The van der Waals surface area contributed by atoms with Gasteiger partial charge in [0, 0.05) is 6.20 Å². The number of nitrogens with zero attached hydrogens (tertiary/aromatic N) is 1. The number of aromatic nitrogens is 1. The monoisotopic (exact) mass is 359 g/mol. The average molecular weight is 360 g/mol. The summed E-state index contributed by atoms with van der Waals surface area (Å²) >= 11 is 0. The van der Waals surface area contributed by atoms with Crippen LogP contribution in [0.1, 0.15) is 96.0 Å². The Balaban J connectivity index is 1.32. The van der Waals surface area contributed by atoms with Crippen molar-refractivity contribution < 1.29 is 4.39 Å². The van der Waals surface area contributed by atoms with Gasteiger partial charge in [0.2, 0.25) is 5.95 Å². The van der Waals surface area contributed by atoms with E-state index in [2.05, 4.69) is 11.9 Å². The van der Waals surface area contributed by atoms with Gasteiger partial charge in [0.05, 0.1) is 0 Å². The molecule has 0 N–H and O–H groups in total. The normalized spacial score (nSPS) is 29.6. The lowest BCUT2D eigenvalue weighted by Crippen LogP contribution is -2.26. The van der Waals surface area contributed by atoms with Crippen LogP contribution in [-0.2, 0) is 6.42 Å². The molecule has 2 saturated carbocycles. The predicted octanol–water partition coefficient (Wildman–Crippen LogP) is 7.35. The van der Waals surface area contributed by atoms with Gasteiger partial charge in [0.1, 0.15) is 0 Å². The Kier molecular flexibility index (Phi) is 7.95. The lowest BCUT2D eigenvalue weighted by molar-refractivity contribution is 0.140. The van der Waals surface area contributed by atoms with Crippen LogP contribution in [0.5, 0.6) is 0 Å². The molecule has 0 saturated heterocycles. The number of unbranched alkanes of at least 4 members (excludes halogenated alkanes) is 2. The molecule has 3 rings (SSSR count). The second-order valence-electron chi connectivity index (χ2n) is 9.09. The number of pyridine rings is 1. The van der Waals surface area contributed by atoms with Gasteiger partial charge in [0.25, 0.3) is 0 Å². The molecule has 0 aromatic carbocycles. The Labute approximate surface area is 160 Å². The molecule has 146 valence electrons. The van der Waals surface area contributed by atoms with Crippen LogP contribution in [0.3, 0.4) is 0 Å². The van der Waals surface area contributed by atoms with E-state index in [1.54, 1.807) is 6.20 Å². The van der Waals surface area contributed by atoms with Crippen LogP contribution in [0.4, 0.5) is 4.39 Å². The zero-order valence-corrected chi connectivity index (χ0v) is 16.8. The maximum absolute atomic E-state index is 12.9. The average Bonchev–Trinajstić information content (AvgIpc) is 2.69. The van der Waals surface area contributed by atoms with Crippen molar-refractivity contribution in [3.8, 4) is 0 Å². The Hall–Kier alpha value is -0.920. The molecule has 0 atom stereocenters. The van der Waals surface area contributed by atoms with Crippen LogP contribution in [0.2, 0.25) is 0 Å². The van der Waals surface area contributed by atoms with Crippen LogP contribution >= 0.6 is 0 Å². The second-order valence-corrected chi connectivity index (χ2v) is 9.09. The second kappa shape index (κ2) is 10.4. The van der Waals surface area contributed by atoms with E-state index in [9.17, 15) is 4.39 Å². The first-order chi connectivity index (χ1) is 12.7. The number of hydrogen-bond acceptors (Lipinski definition) is 1. The molecule has 0 bridgehead atoms. The van der Waals surface area contributed by atoms with Crippen LogP contribution in [0.15, 0.2) is 18.3 Å². The van der Waals surface area contributed by atoms with Gasteiger partial charge in [-0.05, 0) is 73.8 Å². The summed E-state index contributed by atoms with van der Waals surface area (Å²) in [4.78, 5) is 3.78. The topological polar surface area (TPSA) is 12.9 Å². The Morgan fingerprint density at radius 3 is 2.00 bits per heavy atom. The Bertz CT molecular complexity index is 495. The highest BCUT2D eigenvalue weighted by Crippen LogP contribution is 2.43. The van der Waals surface area contributed by atoms with E-state index in [1.807, 2.05) is 6.07 Å². The van der Waals surface area contributed by atoms with Gasteiger partial charge in [-0.2, -0.15) is 4.39 Å². The van der Waals surface area contributed by atoms with E-state index in [-0.39, 0.29) is 5.95 Å². The molecule has 0 radical (unpaired) electrons. The molecule has 1 heterocycles. The lowest BCUT2D eigenvalue weighted by atomic mass is 9.68. The van der Waals surface area contributed by atoms with Crippen LogP contribution < -0.4 is 0 Å². The van der Waals surface area contributed by atoms with E-state index >= 15 is 0 Å². The zero-order valence-electron chi connectivity index (χ0n) is 16.8. The maximum atomic E-state index is 12.9. The highest BCUT2D eigenvalue weighted by Gasteiger charge is 2.30. The molecule has 1 aromatic heterocycles. The third-order valence-corrected chi connectivity index (χ3v) is 7.30. The fourth-order valence-corrected chi connectivity index (χ4v) is 5.50. The molecule has 1 aromatic rings. The van der Waals surface area contributed by atoms with E-state index in [0.717, 1.165) is 30.1 Å². The number of rotatable bonds is 8. The van der Waals surface area contributed by atoms with E-state index in [4.69, 9.17) is 0 Å². The van der Waals surface area contributed by atoms with Crippen molar-refractivity contribution in [3.05, 3.63) is 29.8 Å². The first-order valence-corrected chi connectivity index (χ1v) is 11.3. The predicted molar refractivity (Wildman–Crippen MR) is 108 cm³/mol. The molecule has 2 heteroatoms. The number of halogens is 1. The van der Waals surface area contributed by atoms with E-state index in [1.165, 1.54) is 95.1 Å². The summed E-state index contributed by atoms with van der Waals surface area (Å²) in [7, 11) is 0. The van der Waals surface area contributed by atoms with Gasteiger partial charge >= 0.3 is 0 Å². The Morgan fingerprint density at radius 2 is 1.46 bits per heavy atom. The summed E-state index contributed by atoms with van der Waals surface area (Å²) in [5.74, 6) is 3.59. The van der Waals surface area contributed by atoms with Crippen LogP contribution in [0.25, 0.3) is 0 Å². The molecular weight excluding hydrogens is 321 g/mol. The fourth-order valence-electron chi connectivity index (χ4n) is 5.50. The molecule has 26 heavy (non-hydrogen) atoms. The van der Waals surface area contributed by atoms with Crippen molar-refractivity contribution in [3.63, 3.8) is 0 Å². The van der Waals surface area contributed by atoms with Crippen molar-refractivity contribution in [1.82, 2.24) is 4.98 Å². The molecule has 0 amide bonds. The summed E-state index contributed by atoms with van der Waals surface area (Å²) < 4.78 is 12.9. The molecule has 0 unspecified atom stereocenters. The molecule has 2 fully saturated rings. The SMILES string of the molecule is CCCCC[C@H]1CC[C@H](C2CCC(CCc3ccc(F)nc3)CC2)CC1. The highest BCUT2D eigenvalue weighted by atomic mass is 19.1. The van der Waals surface area contributed by atoms with E-state index in [0.29, 0.717) is 0 Å². The molecule has 0 aliphatic heterocycles. The van der Waals surface area contributed by atoms with Crippen molar-refractivity contribution in [2.75, 3.05) is 0 Å². The summed E-state index contributed by atoms with van der Waals surface area (Å²) in [5.41, 5.74) is 1.19. The Morgan fingerprint density at radius 1 is 0.846 bits per heavy atom. The van der Waals surface area contributed by atoms with Gasteiger partial charge in [-0.1, -0.05) is 64.4 Å². The number of aryl methyl sites for hydroxylation is 1. The standard InChI is InChI=1S/C24H38FN/c1-2-3-4-5-19-8-13-22(14-9-19)23-15-10-20(11-16-23)6-7-21-12-17-24(25)26-18-21/h12,17-20,22-23H,2-11,13-16H2,1H3/t19-,20?,22-,23?. The van der Waals surface area contributed by atoms with Crippen molar-refractivity contribution >= 4 is 0 Å². The molecule has 1 nitrogen and oxygen atoms in total. The van der Waals surface area contributed by atoms with Gasteiger partial charge in [-0.3, -0.25) is 0 Å². The minimum Gasteiger partial charge on any atom is -0.228 e. The summed E-state index contributed by atoms with van der Waals surface area (Å²) in [6, 6.07) is 3.39. The summed E-state index contributed by atoms with van der Waals surface area (Å²) in [6.45, 7) is 2.31. The molecule has 0 spiro atoms. The maximum Gasteiger partial charge on any atom is 0.212 e. The summed E-state index contributed by atoms with van der Waals surface area (Å²) in [5, 5.41) is 0. The molecule has 2 aliphatic carbocycles. The van der Waals surface area contributed by atoms with Crippen molar-refractivity contribution in [2.45, 2.75) is 96.8 Å². The minimum absolute atomic E-state index is 0.366. The zero-order chi connectivity index (χ0) is 18.2. The van der Waals surface area contributed by atoms with Gasteiger partial charge < -0.3 is 0 Å². The summed E-state index contributed by atoms with van der Waals surface area (Å²) in [6.07, 6.45) is 21.5. The minimum atomic E-state index is -0.366. The number of hydrogen-bond donors (Lipinski definition) is 0. The van der Waals surface area contributed by atoms with E-state index < -0.39 is 0 Å². The lowest BCUT2D eigenvalue weighted by Gasteiger charge is -2.38. The van der Waals surface area contributed by atoms with Gasteiger partial charge in [-0.25, -0.2) is 4.98 Å². The first kappa shape index (κ1) is 19.8. The smallest absolute Gasteiger partial charge is 0.212 e. The quantitative estimate of drug-likeness (QED) is 0.349. The van der Waals surface area contributed by atoms with Crippen molar-refractivity contribution in [2.24, 2.45) is 23.7 Å². The largest absolute Gasteiger partial charge is 0.228 e. The van der Waals surface area contributed by atoms with Gasteiger partial charge in [-0.15, -0.1) is 0 Å². The highest BCUT2D eigenvalue weighted by molar-refractivity contribution is 5.09. The molecule has 2 aliphatic rings. The van der Waals surface area contributed by atoms with Crippen molar-refractivity contribution in [1.29, 1.82) is 0 Å². The first-order valence-electron chi connectivity index (χ1n) is 11.3. The molecular formula is C24H38FN. The third kappa shape index (κ3) is 6.06. The fraction of sp³-hybridized carbons (Fsp3) is 0.792.